The quantitative estimate of drug-likeness (QED) is 0.653. The van der Waals surface area contributed by atoms with Crippen molar-refractivity contribution >= 4 is 17.0 Å². The zero-order chi connectivity index (χ0) is 12.3. The number of carbonyl (C=O) groups excluding carboxylic acids is 1. The summed E-state index contributed by atoms with van der Waals surface area (Å²) in [5.74, 6) is -0.733. The van der Waals surface area contributed by atoms with E-state index in [-0.39, 0.29) is 11.2 Å². The number of halogens is 3. The van der Waals surface area contributed by atoms with E-state index in [1.807, 2.05) is 0 Å². The van der Waals surface area contributed by atoms with Gasteiger partial charge in [-0.25, -0.2) is 8.42 Å². The molecule has 4 nitrogen and oxygen atoms in total. The minimum absolute atomic E-state index is 0.0867. The molecule has 0 N–H and O–H groups in total. The molecule has 0 aliphatic heterocycles. The summed E-state index contributed by atoms with van der Waals surface area (Å²) < 4.78 is 60.2. The van der Waals surface area contributed by atoms with Crippen molar-refractivity contribution < 1.29 is 31.1 Å². The number of ether oxygens (including phenoxy) is 1. The lowest BCUT2D eigenvalue weighted by Crippen LogP contribution is -2.18. The highest BCUT2D eigenvalue weighted by Gasteiger charge is 2.32. The summed E-state index contributed by atoms with van der Waals surface area (Å²) >= 11 is 0. The fraction of sp³-hybridized carbons (Fsp3) is 0.125. The Labute approximate surface area is 89.6 Å². The highest BCUT2D eigenvalue weighted by molar-refractivity contribution is 7.72. The third-order valence-corrected chi connectivity index (χ3v) is 2.26. The number of rotatable bonds is 3. The maximum absolute atomic E-state index is 11.9. The first-order valence-corrected chi connectivity index (χ1v) is 5.00. The summed E-state index contributed by atoms with van der Waals surface area (Å²) in [6.07, 6.45) is -4.84. The molecule has 0 amide bonds. The van der Waals surface area contributed by atoms with Crippen molar-refractivity contribution in [2.24, 2.45) is 0 Å². The Bertz CT molecular complexity index is 471. The van der Waals surface area contributed by atoms with Crippen LogP contribution in [-0.4, -0.2) is 21.1 Å². The zero-order valence-electron chi connectivity index (χ0n) is 7.52. The molecule has 0 aliphatic rings. The van der Waals surface area contributed by atoms with Crippen molar-refractivity contribution in [2.45, 2.75) is 11.3 Å². The molecule has 16 heavy (non-hydrogen) atoms. The summed E-state index contributed by atoms with van der Waals surface area (Å²) in [4.78, 5) is 10.2. The molecule has 1 aromatic rings. The molecule has 0 fully saturated rings. The first-order chi connectivity index (χ1) is 7.33. The van der Waals surface area contributed by atoms with Gasteiger partial charge in [0, 0.05) is 0 Å². The number of hydrogen-bond acceptors (Lipinski definition) is 4. The van der Waals surface area contributed by atoms with Gasteiger partial charge in [0.1, 0.15) is 5.75 Å². The summed E-state index contributed by atoms with van der Waals surface area (Å²) in [5, 5.41) is 0. The average molecular weight is 254 g/mol. The molecule has 0 spiro atoms. The Morgan fingerprint density at radius 1 is 1.25 bits per heavy atom. The Hall–Kier alpha value is -1.57. The molecule has 0 atom stereocenters. The van der Waals surface area contributed by atoms with E-state index in [0.717, 1.165) is 18.2 Å². The highest BCUT2D eigenvalue weighted by atomic mass is 32.2. The second kappa shape index (κ2) is 4.52. The average Bonchev–Trinajstić information content (AvgIpc) is 2.15. The molecule has 88 valence electrons. The van der Waals surface area contributed by atoms with E-state index in [4.69, 9.17) is 0 Å². The Balaban J connectivity index is 3.17. The van der Waals surface area contributed by atoms with E-state index in [2.05, 4.69) is 4.74 Å². The monoisotopic (exact) mass is 254 g/mol. The summed E-state index contributed by atoms with van der Waals surface area (Å²) in [7, 11) is -2.96. The number of aldehydes is 1. The maximum Gasteiger partial charge on any atom is 0.573 e. The van der Waals surface area contributed by atoms with Crippen LogP contribution >= 0.6 is 0 Å². The molecular weight excluding hydrogens is 249 g/mol. The molecular formula is C8H5F3O4S. The van der Waals surface area contributed by atoms with E-state index >= 15 is 0 Å². The molecule has 0 heterocycles. The van der Waals surface area contributed by atoms with Gasteiger partial charge in [0.05, 0.1) is 10.5 Å². The number of alkyl halides is 3. The first-order valence-electron chi connectivity index (χ1n) is 3.83. The van der Waals surface area contributed by atoms with E-state index in [0.29, 0.717) is 0 Å². The van der Waals surface area contributed by atoms with Crippen molar-refractivity contribution in [3.63, 3.8) is 0 Å². The van der Waals surface area contributed by atoms with Crippen LogP contribution < -0.4 is 4.74 Å². The largest absolute Gasteiger partial charge is 0.573 e. The van der Waals surface area contributed by atoms with E-state index in [1.54, 1.807) is 0 Å². The lowest BCUT2D eigenvalue weighted by Gasteiger charge is -2.10. The Morgan fingerprint density at radius 3 is 2.31 bits per heavy atom. The molecule has 0 aromatic heterocycles. The topological polar surface area (TPSA) is 60.4 Å². The van der Waals surface area contributed by atoms with Crippen molar-refractivity contribution in [2.75, 3.05) is 0 Å². The normalized spacial score (nSPS) is 11.5. The molecule has 0 radical (unpaired) electrons. The van der Waals surface area contributed by atoms with Gasteiger partial charge in [0.2, 0.25) is 0 Å². The molecule has 0 saturated carbocycles. The number of carbonyl (C=O) groups is 1. The molecule has 1 aromatic carbocycles. The third-order valence-electron chi connectivity index (χ3n) is 1.56. The molecule has 8 heteroatoms. The molecule has 0 bridgehead atoms. The fourth-order valence-electron chi connectivity index (χ4n) is 0.959. The summed E-state index contributed by atoms with van der Waals surface area (Å²) in [5.41, 5.74) is -0.478. The Morgan fingerprint density at radius 2 is 1.88 bits per heavy atom. The van der Waals surface area contributed by atoms with Crippen molar-refractivity contribution in [1.82, 2.24) is 0 Å². The van der Waals surface area contributed by atoms with Crippen LogP contribution in [0.2, 0.25) is 0 Å². The van der Waals surface area contributed by atoms with Crippen molar-refractivity contribution in [3.05, 3.63) is 23.8 Å². The predicted molar refractivity (Wildman–Crippen MR) is 47.1 cm³/mol. The number of benzene rings is 1. The summed E-state index contributed by atoms with van der Waals surface area (Å²) in [6.45, 7) is 0. The van der Waals surface area contributed by atoms with Crippen LogP contribution in [0.1, 0.15) is 10.4 Å². The second-order valence-corrected chi connectivity index (χ2v) is 3.68. The molecule has 0 saturated heterocycles. The number of hydrogen-bond donors (Lipinski definition) is 1. The van der Waals surface area contributed by atoms with Crippen LogP contribution in [-0.2, 0) is 10.7 Å². The Kier molecular flexibility index (Phi) is 3.53. The van der Waals surface area contributed by atoms with Gasteiger partial charge in [0.25, 0.3) is 0 Å². The van der Waals surface area contributed by atoms with Crippen LogP contribution in [0, 0.1) is 0 Å². The van der Waals surface area contributed by atoms with Gasteiger partial charge in [-0.3, -0.25) is 4.79 Å². The van der Waals surface area contributed by atoms with Crippen LogP contribution in [0.5, 0.6) is 5.75 Å². The van der Waals surface area contributed by atoms with Gasteiger partial charge in [-0.2, -0.15) is 0 Å². The van der Waals surface area contributed by atoms with E-state index in [1.165, 1.54) is 0 Å². The van der Waals surface area contributed by atoms with Crippen molar-refractivity contribution in [3.8, 4) is 5.75 Å². The lowest BCUT2D eigenvalue weighted by molar-refractivity contribution is -0.274. The van der Waals surface area contributed by atoms with Gasteiger partial charge in [-0.1, -0.05) is 0 Å². The van der Waals surface area contributed by atoms with E-state index in [9.17, 15) is 26.4 Å². The minimum atomic E-state index is -4.93. The van der Waals surface area contributed by atoms with Crippen LogP contribution in [0.25, 0.3) is 0 Å². The maximum atomic E-state index is 11.9. The van der Waals surface area contributed by atoms with E-state index < -0.39 is 28.4 Å². The van der Waals surface area contributed by atoms with Gasteiger partial charge >= 0.3 is 6.36 Å². The molecule has 0 unspecified atom stereocenters. The minimum Gasteiger partial charge on any atom is -0.405 e. The predicted octanol–water partition coefficient (Wildman–Crippen LogP) is 1.37. The SMILES string of the molecule is O=Cc1cc([SH](=O)=O)ccc1OC(F)(F)F. The fourth-order valence-corrected chi connectivity index (χ4v) is 1.40. The standard InChI is InChI=1S/C8H5F3O4S/c9-8(10,11)15-7-2-1-6(16(13)14)3-5(7)4-12/h1-4,16H. The van der Waals surface area contributed by atoms with Crippen LogP contribution in [0.3, 0.4) is 0 Å². The molecule has 1 rings (SSSR count). The molecule has 0 aliphatic carbocycles. The number of thiol groups is 1. The van der Waals surface area contributed by atoms with Gasteiger partial charge in [0.15, 0.2) is 17.0 Å². The van der Waals surface area contributed by atoms with Gasteiger partial charge in [-0.05, 0) is 18.2 Å². The van der Waals surface area contributed by atoms with Gasteiger partial charge < -0.3 is 4.74 Å². The first kappa shape index (κ1) is 12.5. The lowest BCUT2D eigenvalue weighted by atomic mass is 10.2. The zero-order valence-corrected chi connectivity index (χ0v) is 8.42. The highest BCUT2D eigenvalue weighted by Crippen LogP contribution is 2.26. The van der Waals surface area contributed by atoms with Gasteiger partial charge in [-0.15, -0.1) is 13.2 Å². The van der Waals surface area contributed by atoms with Crippen LogP contribution in [0.4, 0.5) is 13.2 Å². The smallest absolute Gasteiger partial charge is 0.405 e. The summed E-state index contributed by atoms with van der Waals surface area (Å²) in [6, 6.07) is 2.50. The van der Waals surface area contributed by atoms with Crippen LogP contribution in [0.15, 0.2) is 23.1 Å². The third kappa shape index (κ3) is 3.23. The second-order valence-electron chi connectivity index (χ2n) is 2.64. The van der Waals surface area contributed by atoms with Crippen molar-refractivity contribution in [1.29, 1.82) is 0 Å².